The minimum atomic E-state index is 0.569. The van der Waals surface area contributed by atoms with Crippen molar-refractivity contribution in [3.8, 4) is 0 Å². The summed E-state index contributed by atoms with van der Waals surface area (Å²) >= 11 is 0. The molecule has 0 aromatic carbocycles. The van der Waals surface area contributed by atoms with E-state index in [1.54, 1.807) is 0 Å². The highest BCUT2D eigenvalue weighted by Crippen LogP contribution is 1.91. The Labute approximate surface area is 93.9 Å². The standard InChI is InChI=1S/C11H26N4/c1-10(2)9-14-11(12)13-7-5-6-8-15(3)4/h10H,5-9H2,1-4H3,(H3,12,13,14). The average Bonchev–Trinajstić information content (AvgIpc) is 2.13. The third-order valence-corrected chi connectivity index (χ3v) is 1.97. The quantitative estimate of drug-likeness (QED) is 0.376. The van der Waals surface area contributed by atoms with Gasteiger partial charge in [-0.05, 0) is 39.4 Å². The molecule has 0 aromatic rings. The largest absolute Gasteiger partial charge is 0.370 e. The predicted molar refractivity (Wildman–Crippen MR) is 67.1 cm³/mol. The van der Waals surface area contributed by atoms with E-state index < -0.39 is 0 Å². The molecular formula is C11H26N4. The van der Waals surface area contributed by atoms with Gasteiger partial charge in [0.1, 0.15) is 0 Å². The molecule has 0 saturated carbocycles. The normalized spacial score (nSPS) is 12.5. The Hall–Kier alpha value is -0.770. The summed E-state index contributed by atoms with van der Waals surface area (Å²) in [5.74, 6) is 1.15. The Kier molecular flexibility index (Phi) is 8.09. The number of nitrogens with two attached hydrogens (primary N) is 1. The van der Waals surface area contributed by atoms with Crippen LogP contribution in [0.25, 0.3) is 0 Å². The molecule has 0 heterocycles. The second kappa shape index (κ2) is 8.53. The summed E-state index contributed by atoms with van der Waals surface area (Å²) in [5.41, 5.74) is 5.69. The number of aliphatic imine (C=N–C) groups is 1. The van der Waals surface area contributed by atoms with Crippen molar-refractivity contribution in [3.63, 3.8) is 0 Å². The van der Waals surface area contributed by atoms with Gasteiger partial charge in [0, 0.05) is 13.1 Å². The van der Waals surface area contributed by atoms with Crippen molar-refractivity contribution in [1.82, 2.24) is 10.2 Å². The minimum Gasteiger partial charge on any atom is -0.370 e. The van der Waals surface area contributed by atoms with Crippen molar-refractivity contribution in [1.29, 1.82) is 0 Å². The van der Waals surface area contributed by atoms with Gasteiger partial charge >= 0.3 is 0 Å². The van der Waals surface area contributed by atoms with Crippen molar-refractivity contribution in [2.24, 2.45) is 16.6 Å². The Morgan fingerprint density at radius 1 is 1.33 bits per heavy atom. The van der Waals surface area contributed by atoms with Gasteiger partial charge in [-0.25, -0.2) is 0 Å². The first-order valence-corrected chi connectivity index (χ1v) is 5.71. The van der Waals surface area contributed by atoms with Gasteiger partial charge in [-0.2, -0.15) is 0 Å². The second-order valence-corrected chi connectivity index (χ2v) is 4.56. The van der Waals surface area contributed by atoms with E-state index >= 15 is 0 Å². The van der Waals surface area contributed by atoms with E-state index in [9.17, 15) is 0 Å². The van der Waals surface area contributed by atoms with Crippen LogP contribution in [0.5, 0.6) is 0 Å². The van der Waals surface area contributed by atoms with Crippen molar-refractivity contribution in [2.75, 3.05) is 33.7 Å². The molecule has 90 valence electrons. The zero-order valence-corrected chi connectivity index (χ0v) is 10.6. The maximum atomic E-state index is 5.69. The Bertz CT molecular complexity index is 175. The van der Waals surface area contributed by atoms with Crippen molar-refractivity contribution < 1.29 is 0 Å². The molecule has 0 aliphatic heterocycles. The molecule has 0 radical (unpaired) electrons. The monoisotopic (exact) mass is 214 g/mol. The SMILES string of the molecule is CC(C)CN=C(N)NCCCCN(C)C. The maximum Gasteiger partial charge on any atom is 0.188 e. The van der Waals surface area contributed by atoms with Crippen LogP contribution in [0.1, 0.15) is 26.7 Å². The lowest BCUT2D eigenvalue weighted by molar-refractivity contribution is 0.394. The zero-order chi connectivity index (χ0) is 11.7. The van der Waals surface area contributed by atoms with Crippen LogP contribution in [0.3, 0.4) is 0 Å². The molecule has 0 amide bonds. The molecule has 0 aliphatic carbocycles. The summed E-state index contributed by atoms with van der Waals surface area (Å²) in [5, 5.41) is 3.12. The Balaban J connectivity index is 3.38. The summed E-state index contributed by atoms with van der Waals surface area (Å²) in [6.45, 7) is 7.12. The molecule has 4 nitrogen and oxygen atoms in total. The number of nitrogens with zero attached hydrogens (tertiary/aromatic N) is 2. The molecule has 0 aromatic heterocycles. The third kappa shape index (κ3) is 11.2. The van der Waals surface area contributed by atoms with E-state index in [1.165, 1.54) is 6.42 Å². The molecule has 0 spiro atoms. The molecule has 4 heteroatoms. The van der Waals surface area contributed by atoms with Gasteiger partial charge in [0.05, 0.1) is 0 Å². The number of unbranched alkanes of at least 4 members (excludes halogenated alkanes) is 1. The minimum absolute atomic E-state index is 0.569. The Morgan fingerprint density at radius 3 is 2.53 bits per heavy atom. The average molecular weight is 214 g/mol. The second-order valence-electron chi connectivity index (χ2n) is 4.56. The highest BCUT2D eigenvalue weighted by atomic mass is 15.1. The van der Waals surface area contributed by atoms with E-state index in [1.807, 2.05) is 0 Å². The van der Waals surface area contributed by atoms with Gasteiger partial charge in [-0.1, -0.05) is 13.8 Å². The fourth-order valence-electron chi connectivity index (χ4n) is 1.11. The maximum absolute atomic E-state index is 5.69. The van der Waals surface area contributed by atoms with Crippen molar-refractivity contribution >= 4 is 5.96 Å². The van der Waals surface area contributed by atoms with Gasteiger partial charge < -0.3 is 16.0 Å². The number of guanidine groups is 1. The molecular weight excluding hydrogens is 188 g/mol. The van der Waals surface area contributed by atoms with E-state index in [0.29, 0.717) is 11.9 Å². The smallest absolute Gasteiger partial charge is 0.188 e. The topological polar surface area (TPSA) is 53.6 Å². The van der Waals surface area contributed by atoms with Gasteiger partial charge in [0.15, 0.2) is 5.96 Å². The van der Waals surface area contributed by atoms with Crippen LogP contribution in [-0.4, -0.2) is 44.6 Å². The number of rotatable bonds is 7. The van der Waals surface area contributed by atoms with Crippen LogP contribution in [0.2, 0.25) is 0 Å². The molecule has 0 aliphatic rings. The van der Waals surface area contributed by atoms with Crippen LogP contribution in [0.4, 0.5) is 0 Å². The molecule has 3 N–H and O–H groups in total. The van der Waals surface area contributed by atoms with Crippen LogP contribution in [0, 0.1) is 5.92 Å². The van der Waals surface area contributed by atoms with E-state index in [-0.39, 0.29) is 0 Å². The zero-order valence-electron chi connectivity index (χ0n) is 10.6. The Morgan fingerprint density at radius 2 is 2.00 bits per heavy atom. The highest BCUT2D eigenvalue weighted by molar-refractivity contribution is 5.77. The molecule has 0 saturated heterocycles. The first kappa shape index (κ1) is 14.2. The van der Waals surface area contributed by atoms with Crippen LogP contribution in [-0.2, 0) is 0 Å². The summed E-state index contributed by atoms with van der Waals surface area (Å²) in [6.07, 6.45) is 2.33. The number of nitrogens with one attached hydrogen (secondary N) is 1. The van der Waals surface area contributed by atoms with Crippen LogP contribution in [0.15, 0.2) is 4.99 Å². The van der Waals surface area contributed by atoms with E-state index in [4.69, 9.17) is 5.73 Å². The first-order valence-electron chi connectivity index (χ1n) is 5.71. The summed E-state index contributed by atoms with van der Waals surface area (Å²) < 4.78 is 0. The fraction of sp³-hybridized carbons (Fsp3) is 0.909. The van der Waals surface area contributed by atoms with Gasteiger partial charge in [-0.3, -0.25) is 4.99 Å². The lowest BCUT2D eigenvalue weighted by Crippen LogP contribution is -2.33. The third-order valence-electron chi connectivity index (χ3n) is 1.97. The molecule has 0 bridgehead atoms. The molecule has 0 fully saturated rings. The number of hydrogen-bond donors (Lipinski definition) is 2. The van der Waals surface area contributed by atoms with Crippen molar-refractivity contribution in [2.45, 2.75) is 26.7 Å². The van der Waals surface area contributed by atoms with Crippen molar-refractivity contribution in [3.05, 3.63) is 0 Å². The molecule has 0 atom stereocenters. The van der Waals surface area contributed by atoms with Gasteiger partial charge in [-0.15, -0.1) is 0 Å². The van der Waals surface area contributed by atoms with E-state index in [2.05, 4.69) is 43.2 Å². The fourth-order valence-corrected chi connectivity index (χ4v) is 1.11. The molecule has 0 rings (SSSR count). The predicted octanol–water partition coefficient (Wildman–Crippen LogP) is 0.889. The van der Waals surface area contributed by atoms with Crippen LogP contribution < -0.4 is 11.1 Å². The summed E-state index contributed by atoms with van der Waals surface area (Å²) in [6, 6.07) is 0. The molecule has 0 unspecified atom stereocenters. The van der Waals surface area contributed by atoms with Crippen LogP contribution >= 0.6 is 0 Å². The molecule has 15 heavy (non-hydrogen) atoms. The van der Waals surface area contributed by atoms with Gasteiger partial charge in [0.2, 0.25) is 0 Å². The lowest BCUT2D eigenvalue weighted by atomic mass is 10.2. The van der Waals surface area contributed by atoms with E-state index in [0.717, 1.165) is 26.1 Å². The summed E-state index contributed by atoms with van der Waals surface area (Å²) in [4.78, 5) is 6.42. The first-order chi connectivity index (χ1) is 7.02. The highest BCUT2D eigenvalue weighted by Gasteiger charge is 1.94. The van der Waals surface area contributed by atoms with Gasteiger partial charge in [0.25, 0.3) is 0 Å². The summed E-state index contributed by atoms with van der Waals surface area (Å²) in [7, 11) is 4.18. The lowest BCUT2D eigenvalue weighted by Gasteiger charge is -2.09. The number of hydrogen-bond acceptors (Lipinski definition) is 2.